The zero-order chi connectivity index (χ0) is 24.9. The lowest BCUT2D eigenvalue weighted by Crippen LogP contribution is -2.38. The molecule has 0 radical (unpaired) electrons. The average Bonchev–Trinajstić information content (AvgIpc) is 3.33. The van der Waals surface area contributed by atoms with Crippen molar-refractivity contribution in [2.24, 2.45) is 0 Å². The van der Waals surface area contributed by atoms with E-state index in [1.807, 2.05) is 13.8 Å². The summed E-state index contributed by atoms with van der Waals surface area (Å²) in [6, 6.07) is 10.0. The minimum atomic E-state index is -0.405. The highest BCUT2D eigenvalue weighted by Gasteiger charge is 2.28. The third-order valence-electron chi connectivity index (χ3n) is 5.48. The number of anilines is 1. The maximum absolute atomic E-state index is 13.0. The number of amides is 2. The van der Waals surface area contributed by atoms with Crippen LogP contribution in [0.3, 0.4) is 0 Å². The summed E-state index contributed by atoms with van der Waals surface area (Å²) in [5.41, 5.74) is 0.788. The summed E-state index contributed by atoms with van der Waals surface area (Å²) in [7, 11) is 0. The molecule has 9 nitrogen and oxygen atoms in total. The molecular weight excluding hydrogens is 457 g/mol. The number of rotatable bonds is 9. The number of hydrogen-bond acceptors (Lipinski definition) is 7. The molecule has 2 heterocycles. The van der Waals surface area contributed by atoms with E-state index in [9.17, 15) is 18.8 Å². The first-order valence-corrected chi connectivity index (χ1v) is 11.1. The van der Waals surface area contributed by atoms with Crippen LogP contribution < -0.4 is 19.7 Å². The zero-order valence-corrected chi connectivity index (χ0v) is 19.2. The second-order valence-electron chi connectivity index (χ2n) is 8.03. The van der Waals surface area contributed by atoms with Crippen LogP contribution in [0.5, 0.6) is 11.5 Å². The summed E-state index contributed by atoms with van der Waals surface area (Å²) in [6.07, 6.45) is 2.01. The third-order valence-corrected chi connectivity index (χ3v) is 5.48. The third kappa shape index (κ3) is 5.65. The summed E-state index contributed by atoms with van der Waals surface area (Å²) in [5, 5.41) is 2.80. The molecule has 0 unspecified atom stereocenters. The van der Waals surface area contributed by atoms with Gasteiger partial charge in [0.25, 0.3) is 11.8 Å². The van der Waals surface area contributed by atoms with E-state index in [-0.39, 0.29) is 55.0 Å². The molecule has 0 spiro atoms. The molecule has 2 aromatic carbocycles. The fourth-order valence-corrected chi connectivity index (χ4v) is 3.33. The second kappa shape index (κ2) is 10.4. The van der Waals surface area contributed by atoms with Crippen molar-refractivity contribution in [1.82, 2.24) is 10.3 Å². The normalized spacial score (nSPS) is 13.6. The fraction of sp³-hybridized carbons (Fsp3) is 0.280. The van der Waals surface area contributed by atoms with Crippen LogP contribution in [-0.2, 0) is 11.3 Å². The van der Waals surface area contributed by atoms with Crippen LogP contribution in [0.2, 0.25) is 0 Å². The Kier molecular flexibility index (Phi) is 7.09. The van der Waals surface area contributed by atoms with Crippen LogP contribution in [0.25, 0.3) is 0 Å². The lowest BCUT2D eigenvalue weighted by molar-refractivity contribution is -0.121. The van der Waals surface area contributed by atoms with Crippen LogP contribution in [0, 0.1) is 5.82 Å². The number of oxazole rings is 1. The van der Waals surface area contributed by atoms with E-state index in [1.54, 1.807) is 12.1 Å². The van der Waals surface area contributed by atoms with Gasteiger partial charge in [-0.2, -0.15) is 0 Å². The van der Waals surface area contributed by atoms with Gasteiger partial charge in [-0.3, -0.25) is 19.3 Å². The first kappa shape index (κ1) is 23.9. The molecule has 0 bridgehead atoms. The summed E-state index contributed by atoms with van der Waals surface area (Å²) in [5.74, 6) is -0.521. The number of nitrogens with zero attached hydrogens (tertiary/aromatic N) is 2. The number of aromatic nitrogens is 1. The van der Waals surface area contributed by atoms with Gasteiger partial charge in [0.2, 0.25) is 5.89 Å². The molecule has 1 aliphatic heterocycles. The Labute approximate surface area is 200 Å². The number of halogens is 1. The summed E-state index contributed by atoms with van der Waals surface area (Å²) >= 11 is 0. The van der Waals surface area contributed by atoms with Gasteiger partial charge in [-0.15, -0.1) is 0 Å². The molecule has 3 aromatic rings. The highest BCUT2D eigenvalue weighted by molar-refractivity contribution is 6.02. The molecule has 2 amide bonds. The Hall–Kier alpha value is -4.21. The summed E-state index contributed by atoms with van der Waals surface area (Å²) in [6.45, 7) is 3.33. The Morgan fingerprint density at radius 2 is 2.00 bits per heavy atom. The van der Waals surface area contributed by atoms with Crippen LogP contribution in [0.1, 0.15) is 47.0 Å². The van der Waals surface area contributed by atoms with E-state index in [4.69, 9.17) is 13.9 Å². The van der Waals surface area contributed by atoms with Crippen molar-refractivity contribution in [1.29, 1.82) is 0 Å². The van der Waals surface area contributed by atoms with Crippen LogP contribution in [0.15, 0.2) is 53.1 Å². The van der Waals surface area contributed by atoms with E-state index < -0.39 is 5.82 Å². The first-order chi connectivity index (χ1) is 16.8. The van der Waals surface area contributed by atoms with Gasteiger partial charge >= 0.3 is 0 Å². The number of nitrogens with one attached hydrogen (secondary N) is 1. The molecule has 35 heavy (non-hydrogen) atoms. The quantitative estimate of drug-likeness (QED) is 0.466. The van der Waals surface area contributed by atoms with Gasteiger partial charge in [-0.1, -0.05) is 6.92 Å². The van der Waals surface area contributed by atoms with Crippen molar-refractivity contribution in [2.75, 3.05) is 18.1 Å². The van der Waals surface area contributed by atoms with Gasteiger partial charge in [0.15, 0.2) is 24.7 Å². The van der Waals surface area contributed by atoms with Crippen molar-refractivity contribution >= 4 is 23.3 Å². The maximum Gasteiger partial charge on any atom is 0.273 e. The van der Waals surface area contributed by atoms with Gasteiger partial charge in [0.05, 0.1) is 5.69 Å². The zero-order valence-electron chi connectivity index (χ0n) is 19.2. The molecule has 1 aliphatic rings. The standard InChI is InChI=1S/C25H24FN3O6/c1-3-15(2)27-25(32)19-12-35-23(28-19)11-29-20-10-16(4-9-22(20)34-14-24(29)31)21(30)13-33-18-7-5-17(26)6-8-18/h4-10,12,15H,3,11,13-14H2,1-2H3,(H,27,32)/t15-/m1/s1. The number of fused-ring (bicyclic) bond motifs is 1. The van der Waals surface area contributed by atoms with Crippen LogP contribution in [0.4, 0.5) is 10.1 Å². The summed E-state index contributed by atoms with van der Waals surface area (Å²) < 4.78 is 29.4. The van der Waals surface area contributed by atoms with E-state index in [2.05, 4.69) is 10.3 Å². The number of Topliss-reactive ketones (excluding diaryl/α,β-unsaturated/α-hetero) is 1. The number of hydrogen-bond donors (Lipinski definition) is 1. The molecule has 1 N–H and O–H groups in total. The van der Waals surface area contributed by atoms with Gasteiger partial charge in [0.1, 0.15) is 30.1 Å². The van der Waals surface area contributed by atoms with Gasteiger partial charge in [0, 0.05) is 11.6 Å². The lowest BCUT2D eigenvalue weighted by atomic mass is 10.1. The lowest BCUT2D eigenvalue weighted by Gasteiger charge is -2.28. The molecule has 182 valence electrons. The molecule has 0 saturated heterocycles. The number of ketones is 1. The van der Waals surface area contributed by atoms with E-state index >= 15 is 0 Å². The van der Waals surface area contributed by atoms with Crippen molar-refractivity contribution < 1.29 is 32.7 Å². The van der Waals surface area contributed by atoms with Gasteiger partial charge < -0.3 is 19.2 Å². The highest BCUT2D eigenvalue weighted by Crippen LogP contribution is 2.34. The minimum Gasteiger partial charge on any atom is -0.485 e. The van der Waals surface area contributed by atoms with E-state index in [0.717, 1.165) is 6.42 Å². The van der Waals surface area contributed by atoms with Gasteiger partial charge in [-0.05, 0) is 55.8 Å². The predicted octanol–water partition coefficient (Wildman–Crippen LogP) is 3.53. The van der Waals surface area contributed by atoms with E-state index in [0.29, 0.717) is 22.7 Å². The Morgan fingerprint density at radius 3 is 2.74 bits per heavy atom. The Bertz CT molecular complexity index is 1240. The van der Waals surface area contributed by atoms with Crippen molar-refractivity contribution in [3.8, 4) is 11.5 Å². The van der Waals surface area contributed by atoms with Crippen molar-refractivity contribution in [3.05, 3.63) is 71.7 Å². The molecule has 0 saturated carbocycles. The molecule has 0 fully saturated rings. The molecule has 1 aromatic heterocycles. The van der Waals surface area contributed by atoms with Crippen molar-refractivity contribution in [3.63, 3.8) is 0 Å². The molecule has 1 atom stereocenters. The molecular formula is C25H24FN3O6. The second-order valence-corrected chi connectivity index (χ2v) is 8.03. The average molecular weight is 481 g/mol. The SMILES string of the molecule is CC[C@@H](C)NC(=O)c1coc(CN2C(=O)COc3ccc(C(=O)COc4ccc(F)cc4)cc32)n1. The van der Waals surface area contributed by atoms with Crippen molar-refractivity contribution in [2.45, 2.75) is 32.9 Å². The first-order valence-electron chi connectivity index (χ1n) is 11.1. The number of ether oxygens (including phenoxy) is 2. The molecule has 10 heteroatoms. The smallest absolute Gasteiger partial charge is 0.273 e. The predicted molar refractivity (Wildman–Crippen MR) is 123 cm³/mol. The maximum atomic E-state index is 13.0. The number of carbonyl (C=O) groups excluding carboxylic acids is 3. The van der Waals surface area contributed by atoms with Crippen LogP contribution in [-0.4, -0.2) is 41.8 Å². The highest BCUT2D eigenvalue weighted by atomic mass is 19.1. The molecule has 0 aliphatic carbocycles. The number of carbonyl (C=O) groups is 3. The fourth-order valence-electron chi connectivity index (χ4n) is 3.33. The van der Waals surface area contributed by atoms with Gasteiger partial charge in [-0.25, -0.2) is 9.37 Å². The largest absolute Gasteiger partial charge is 0.485 e. The Morgan fingerprint density at radius 1 is 1.23 bits per heavy atom. The Balaban J connectivity index is 1.48. The van der Waals surface area contributed by atoms with Crippen LogP contribution >= 0.6 is 0 Å². The number of benzene rings is 2. The van der Waals surface area contributed by atoms with E-state index in [1.165, 1.54) is 41.5 Å². The minimum absolute atomic E-state index is 0.0154. The molecule has 4 rings (SSSR count). The topological polar surface area (TPSA) is 111 Å². The monoisotopic (exact) mass is 481 g/mol. The summed E-state index contributed by atoms with van der Waals surface area (Å²) in [4.78, 5) is 43.2.